The number of hydrogen-bond acceptors (Lipinski definition) is 2. The molecule has 106 valence electrons. The Balaban J connectivity index is 2.03. The molecule has 0 radical (unpaired) electrons. The van der Waals surface area contributed by atoms with Crippen LogP contribution in [0.5, 0.6) is 11.5 Å². The summed E-state index contributed by atoms with van der Waals surface area (Å²) in [6.45, 7) is 7.23. The maximum absolute atomic E-state index is 5.88. The van der Waals surface area contributed by atoms with E-state index in [2.05, 4.69) is 60.2 Å². The van der Waals surface area contributed by atoms with Crippen molar-refractivity contribution >= 4 is 15.9 Å². The Kier molecular flexibility index (Phi) is 5.21. The van der Waals surface area contributed by atoms with E-state index in [4.69, 9.17) is 4.74 Å². The summed E-state index contributed by atoms with van der Waals surface area (Å²) >= 11 is 3.52. The van der Waals surface area contributed by atoms with E-state index in [1.807, 2.05) is 24.3 Å². The van der Waals surface area contributed by atoms with Crippen LogP contribution in [0.3, 0.4) is 0 Å². The molecule has 0 saturated heterocycles. The molecule has 2 aromatic rings. The number of hydrogen-bond donors (Lipinski definition) is 1. The highest BCUT2D eigenvalue weighted by Gasteiger charge is 2.03. The molecule has 0 unspecified atom stereocenters. The minimum Gasteiger partial charge on any atom is -0.456 e. The summed E-state index contributed by atoms with van der Waals surface area (Å²) < 4.78 is 6.85. The number of rotatable bonds is 5. The van der Waals surface area contributed by atoms with Crippen molar-refractivity contribution in [2.75, 3.05) is 0 Å². The van der Waals surface area contributed by atoms with Crippen LogP contribution in [-0.4, -0.2) is 6.04 Å². The highest BCUT2D eigenvalue weighted by atomic mass is 79.9. The third-order valence-corrected chi connectivity index (χ3v) is 3.57. The fourth-order valence-electron chi connectivity index (χ4n) is 1.81. The number of halogens is 1. The van der Waals surface area contributed by atoms with Crippen molar-refractivity contribution < 1.29 is 4.74 Å². The molecular formula is C17H20BrNO. The van der Waals surface area contributed by atoms with Crippen LogP contribution in [0.25, 0.3) is 0 Å². The molecule has 0 atom stereocenters. The van der Waals surface area contributed by atoms with Crippen LogP contribution in [-0.2, 0) is 6.54 Å². The summed E-state index contributed by atoms with van der Waals surface area (Å²) in [5.41, 5.74) is 2.47. The van der Waals surface area contributed by atoms with Gasteiger partial charge in [-0.25, -0.2) is 0 Å². The normalized spacial score (nSPS) is 10.8. The standard InChI is InChI=1S/C17H20BrNO/c1-12(2)19-11-14-5-7-15(8-6-14)20-17-9-4-13(3)10-16(17)18/h4-10,12,19H,11H2,1-3H3. The van der Waals surface area contributed by atoms with Gasteiger partial charge in [0.15, 0.2) is 0 Å². The van der Waals surface area contributed by atoms with Gasteiger partial charge in [0, 0.05) is 12.6 Å². The van der Waals surface area contributed by atoms with E-state index in [1.54, 1.807) is 0 Å². The number of ether oxygens (including phenoxy) is 1. The van der Waals surface area contributed by atoms with Gasteiger partial charge in [0.25, 0.3) is 0 Å². The lowest BCUT2D eigenvalue weighted by Gasteiger charge is -2.10. The lowest BCUT2D eigenvalue weighted by atomic mass is 10.2. The van der Waals surface area contributed by atoms with Gasteiger partial charge in [-0.2, -0.15) is 0 Å². The fourth-order valence-corrected chi connectivity index (χ4v) is 2.39. The Bertz CT molecular complexity index is 564. The minimum atomic E-state index is 0.495. The second-order valence-electron chi connectivity index (χ2n) is 5.22. The summed E-state index contributed by atoms with van der Waals surface area (Å²) in [5, 5.41) is 3.40. The molecule has 0 fully saturated rings. The first-order valence-electron chi connectivity index (χ1n) is 6.81. The van der Waals surface area contributed by atoms with Gasteiger partial charge in [-0.1, -0.05) is 32.0 Å². The van der Waals surface area contributed by atoms with E-state index in [0.29, 0.717) is 6.04 Å². The Morgan fingerprint density at radius 1 is 1.10 bits per heavy atom. The summed E-state index contributed by atoms with van der Waals surface area (Å²) in [5.74, 6) is 1.69. The lowest BCUT2D eigenvalue weighted by molar-refractivity contribution is 0.479. The van der Waals surface area contributed by atoms with E-state index >= 15 is 0 Å². The van der Waals surface area contributed by atoms with E-state index in [-0.39, 0.29) is 0 Å². The summed E-state index contributed by atoms with van der Waals surface area (Å²) in [6, 6.07) is 14.8. The molecule has 0 aliphatic heterocycles. The zero-order valence-corrected chi connectivity index (χ0v) is 13.7. The molecule has 20 heavy (non-hydrogen) atoms. The summed E-state index contributed by atoms with van der Waals surface area (Å²) in [6.07, 6.45) is 0. The van der Waals surface area contributed by atoms with Crippen LogP contribution in [0.2, 0.25) is 0 Å². The predicted octanol–water partition coefficient (Wildman–Crippen LogP) is 5.05. The van der Waals surface area contributed by atoms with Gasteiger partial charge in [-0.15, -0.1) is 0 Å². The molecule has 0 spiro atoms. The van der Waals surface area contributed by atoms with E-state index in [0.717, 1.165) is 22.5 Å². The quantitative estimate of drug-likeness (QED) is 0.826. The van der Waals surface area contributed by atoms with Crippen molar-refractivity contribution in [3.63, 3.8) is 0 Å². The van der Waals surface area contributed by atoms with Crippen molar-refractivity contribution in [1.29, 1.82) is 0 Å². The second-order valence-corrected chi connectivity index (χ2v) is 6.07. The summed E-state index contributed by atoms with van der Waals surface area (Å²) in [7, 11) is 0. The van der Waals surface area contributed by atoms with Crippen LogP contribution >= 0.6 is 15.9 Å². The zero-order chi connectivity index (χ0) is 14.5. The average molecular weight is 334 g/mol. The third kappa shape index (κ3) is 4.36. The molecule has 0 aliphatic rings. The van der Waals surface area contributed by atoms with Crippen LogP contribution in [0, 0.1) is 6.92 Å². The van der Waals surface area contributed by atoms with Crippen LogP contribution in [0.4, 0.5) is 0 Å². The fraction of sp³-hybridized carbons (Fsp3) is 0.294. The minimum absolute atomic E-state index is 0.495. The van der Waals surface area contributed by atoms with Crippen molar-refractivity contribution in [2.45, 2.75) is 33.4 Å². The van der Waals surface area contributed by atoms with Crippen molar-refractivity contribution in [3.8, 4) is 11.5 Å². The third-order valence-electron chi connectivity index (χ3n) is 2.95. The van der Waals surface area contributed by atoms with Gasteiger partial charge < -0.3 is 10.1 Å². The molecule has 0 saturated carbocycles. The molecule has 3 heteroatoms. The topological polar surface area (TPSA) is 21.3 Å². The van der Waals surface area contributed by atoms with Gasteiger partial charge in [0.2, 0.25) is 0 Å². The SMILES string of the molecule is Cc1ccc(Oc2ccc(CNC(C)C)cc2)c(Br)c1. The first kappa shape index (κ1) is 15.1. The van der Waals surface area contributed by atoms with Gasteiger partial charge >= 0.3 is 0 Å². The Morgan fingerprint density at radius 2 is 1.80 bits per heavy atom. The number of benzene rings is 2. The molecule has 2 rings (SSSR count). The molecule has 1 N–H and O–H groups in total. The largest absolute Gasteiger partial charge is 0.456 e. The molecular weight excluding hydrogens is 314 g/mol. The summed E-state index contributed by atoms with van der Waals surface area (Å²) in [4.78, 5) is 0. The van der Waals surface area contributed by atoms with Crippen LogP contribution in [0.15, 0.2) is 46.9 Å². The van der Waals surface area contributed by atoms with Gasteiger partial charge in [0.05, 0.1) is 4.47 Å². The molecule has 0 bridgehead atoms. The van der Waals surface area contributed by atoms with E-state index in [1.165, 1.54) is 11.1 Å². The molecule has 2 nitrogen and oxygen atoms in total. The van der Waals surface area contributed by atoms with Crippen molar-refractivity contribution in [1.82, 2.24) is 5.32 Å². The van der Waals surface area contributed by atoms with Crippen LogP contribution < -0.4 is 10.1 Å². The first-order chi connectivity index (χ1) is 9.54. The zero-order valence-electron chi connectivity index (χ0n) is 12.1. The molecule has 0 aliphatic carbocycles. The molecule has 2 aromatic carbocycles. The van der Waals surface area contributed by atoms with E-state index in [9.17, 15) is 0 Å². The Morgan fingerprint density at radius 3 is 2.40 bits per heavy atom. The highest BCUT2D eigenvalue weighted by molar-refractivity contribution is 9.10. The maximum atomic E-state index is 5.88. The van der Waals surface area contributed by atoms with E-state index < -0.39 is 0 Å². The lowest BCUT2D eigenvalue weighted by Crippen LogP contribution is -2.21. The Labute approximate surface area is 129 Å². The average Bonchev–Trinajstić information content (AvgIpc) is 2.41. The van der Waals surface area contributed by atoms with Crippen molar-refractivity contribution in [3.05, 3.63) is 58.1 Å². The maximum Gasteiger partial charge on any atom is 0.141 e. The first-order valence-corrected chi connectivity index (χ1v) is 7.60. The highest BCUT2D eigenvalue weighted by Crippen LogP contribution is 2.30. The molecule has 0 aromatic heterocycles. The molecule has 0 heterocycles. The van der Waals surface area contributed by atoms with Crippen molar-refractivity contribution in [2.24, 2.45) is 0 Å². The van der Waals surface area contributed by atoms with Crippen LogP contribution in [0.1, 0.15) is 25.0 Å². The predicted molar refractivity (Wildman–Crippen MR) is 87.4 cm³/mol. The van der Waals surface area contributed by atoms with Gasteiger partial charge in [-0.3, -0.25) is 0 Å². The molecule has 0 amide bonds. The second kappa shape index (κ2) is 6.91. The Hall–Kier alpha value is -1.32. The van der Waals surface area contributed by atoms with Gasteiger partial charge in [0.1, 0.15) is 11.5 Å². The van der Waals surface area contributed by atoms with Gasteiger partial charge in [-0.05, 0) is 58.2 Å². The smallest absolute Gasteiger partial charge is 0.141 e. The monoisotopic (exact) mass is 333 g/mol. The number of aryl methyl sites for hydroxylation is 1. The number of nitrogens with one attached hydrogen (secondary N) is 1.